The molecule has 7 heteroatoms. The summed E-state index contributed by atoms with van der Waals surface area (Å²) in [5.41, 5.74) is 4.45. The van der Waals surface area contributed by atoms with Crippen molar-refractivity contribution in [3.8, 4) is 0 Å². The molecule has 0 amide bonds. The second-order valence-electron chi connectivity index (χ2n) is 20.0. The fourth-order valence-corrected chi connectivity index (χ4v) is 16.0. The van der Waals surface area contributed by atoms with Crippen LogP contribution in [0, 0.1) is 63.1 Å². The Kier molecular flexibility index (Phi) is 9.65. The van der Waals surface area contributed by atoms with Gasteiger partial charge in [-0.15, -0.1) is 0 Å². The van der Waals surface area contributed by atoms with Gasteiger partial charge in [-0.25, -0.2) is 8.42 Å². The third-order valence-electron chi connectivity index (χ3n) is 17.6. The van der Waals surface area contributed by atoms with Crippen LogP contribution in [-0.2, 0) is 19.4 Å². The molecule has 0 spiro atoms. The standard InChI is InChI=1S/C43H70N2O4S/c1-29(2)32-15-20-43(44-23-24-45-25-27-50(47,48)28-26-45)22-21-41(6)34(37(32)43)13-14-36-40(5)18-16-33(30-9-11-31(12-10-30)38(46)49-8)39(3,4)35(40)17-19-42(36,41)7/h9,16,29,31-32,34-37,44H,10-15,17-28H2,1-8H3/t31?,32-,34+,35-,36+,37+,40-,41+,42+,43-/m0/s1. The van der Waals surface area contributed by atoms with Crippen LogP contribution >= 0.6 is 0 Å². The molecule has 0 bridgehead atoms. The van der Waals surface area contributed by atoms with E-state index in [4.69, 9.17) is 4.74 Å². The molecule has 6 aliphatic carbocycles. The number of hydrogen-bond donors (Lipinski definition) is 1. The highest BCUT2D eigenvalue weighted by molar-refractivity contribution is 7.91. The summed E-state index contributed by atoms with van der Waals surface area (Å²) in [5.74, 6) is 5.00. The van der Waals surface area contributed by atoms with Gasteiger partial charge in [-0.1, -0.05) is 60.6 Å². The zero-order valence-corrected chi connectivity index (χ0v) is 33.7. The molecule has 1 unspecified atom stereocenters. The van der Waals surface area contributed by atoms with Crippen molar-refractivity contribution in [3.05, 3.63) is 23.3 Å². The van der Waals surface area contributed by atoms with Crippen LogP contribution < -0.4 is 5.32 Å². The van der Waals surface area contributed by atoms with E-state index >= 15 is 0 Å². The Hall–Kier alpha value is -1.18. The molecule has 0 aromatic rings. The van der Waals surface area contributed by atoms with Crippen molar-refractivity contribution in [1.29, 1.82) is 0 Å². The lowest BCUT2D eigenvalue weighted by Gasteiger charge is -2.72. The van der Waals surface area contributed by atoms with Gasteiger partial charge in [-0.2, -0.15) is 0 Å². The number of sulfone groups is 1. The van der Waals surface area contributed by atoms with Gasteiger partial charge in [0.05, 0.1) is 24.5 Å². The number of esters is 1. The van der Waals surface area contributed by atoms with Crippen molar-refractivity contribution in [2.75, 3.05) is 44.8 Å². The molecule has 4 saturated carbocycles. The quantitative estimate of drug-likeness (QED) is 0.269. The van der Waals surface area contributed by atoms with Gasteiger partial charge in [0.15, 0.2) is 9.84 Å². The van der Waals surface area contributed by atoms with Gasteiger partial charge in [-0.05, 0) is 145 Å². The van der Waals surface area contributed by atoms with Crippen molar-refractivity contribution in [2.45, 2.75) is 131 Å². The summed E-state index contributed by atoms with van der Waals surface area (Å²) in [6, 6.07) is 0. The number of ether oxygens (including phenoxy) is 1. The summed E-state index contributed by atoms with van der Waals surface area (Å²) in [7, 11) is -1.32. The van der Waals surface area contributed by atoms with Crippen molar-refractivity contribution in [3.63, 3.8) is 0 Å². The fourth-order valence-electron chi connectivity index (χ4n) is 14.8. The lowest BCUT2D eigenvalue weighted by Crippen LogP contribution is -2.68. The average Bonchev–Trinajstić information content (AvgIpc) is 3.45. The van der Waals surface area contributed by atoms with E-state index in [0.29, 0.717) is 52.7 Å². The molecule has 5 fully saturated rings. The minimum Gasteiger partial charge on any atom is -0.469 e. The Labute approximate surface area is 305 Å². The molecular weight excluding hydrogens is 641 g/mol. The molecule has 282 valence electrons. The third-order valence-corrected chi connectivity index (χ3v) is 19.2. The van der Waals surface area contributed by atoms with Gasteiger partial charge in [0.25, 0.3) is 0 Å². The highest BCUT2D eigenvalue weighted by Gasteiger charge is 2.70. The minimum absolute atomic E-state index is 0.0167. The number of nitrogens with zero attached hydrogens (tertiary/aromatic N) is 1. The maximum atomic E-state index is 12.3. The number of methoxy groups -OCH3 is 1. The van der Waals surface area contributed by atoms with Crippen molar-refractivity contribution >= 4 is 15.8 Å². The summed E-state index contributed by atoms with van der Waals surface area (Å²) in [4.78, 5) is 14.6. The number of hydrogen-bond acceptors (Lipinski definition) is 6. The van der Waals surface area contributed by atoms with Gasteiger partial charge >= 0.3 is 5.97 Å². The number of carbonyl (C=O) groups is 1. The monoisotopic (exact) mass is 711 g/mol. The molecule has 0 radical (unpaired) electrons. The van der Waals surface area contributed by atoms with Gasteiger partial charge in [0.1, 0.15) is 0 Å². The number of nitrogens with one attached hydrogen (secondary N) is 1. The summed E-state index contributed by atoms with van der Waals surface area (Å²) in [6.45, 7) is 21.6. The second-order valence-corrected chi connectivity index (χ2v) is 22.3. The zero-order valence-electron chi connectivity index (χ0n) is 32.9. The first-order valence-corrected chi connectivity index (χ1v) is 22.5. The largest absolute Gasteiger partial charge is 0.469 e. The summed E-state index contributed by atoms with van der Waals surface area (Å²) in [6.07, 6.45) is 19.6. The Morgan fingerprint density at radius 1 is 0.920 bits per heavy atom. The molecule has 0 aromatic heterocycles. The third kappa shape index (κ3) is 5.74. The van der Waals surface area contributed by atoms with E-state index < -0.39 is 9.84 Å². The van der Waals surface area contributed by atoms with Gasteiger partial charge < -0.3 is 15.0 Å². The lowest BCUT2D eigenvalue weighted by molar-refractivity contribution is -0.223. The zero-order chi connectivity index (χ0) is 35.9. The predicted molar refractivity (Wildman–Crippen MR) is 203 cm³/mol. The van der Waals surface area contributed by atoms with Gasteiger partial charge in [0.2, 0.25) is 0 Å². The van der Waals surface area contributed by atoms with Crippen LogP contribution in [-0.4, -0.2) is 69.6 Å². The van der Waals surface area contributed by atoms with Crippen LogP contribution in [0.5, 0.6) is 0 Å². The molecule has 1 aliphatic heterocycles. The topological polar surface area (TPSA) is 75.7 Å². The summed E-state index contributed by atoms with van der Waals surface area (Å²) < 4.78 is 29.2. The second kappa shape index (κ2) is 13.0. The van der Waals surface area contributed by atoms with Crippen molar-refractivity contribution < 1.29 is 17.9 Å². The average molecular weight is 711 g/mol. The number of carbonyl (C=O) groups excluding carboxylic acids is 1. The van der Waals surface area contributed by atoms with E-state index in [0.717, 1.165) is 56.0 Å². The van der Waals surface area contributed by atoms with E-state index in [1.807, 2.05) is 0 Å². The highest BCUT2D eigenvalue weighted by Crippen LogP contribution is 2.76. The molecule has 1 heterocycles. The van der Waals surface area contributed by atoms with E-state index in [1.165, 1.54) is 70.5 Å². The molecule has 1 saturated heterocycles. The molecule has 10 atom stereocenters. The Morgan fingerprint density at radius 2 is 1.66 bits per heavy atom. The van der Waals surface area contributed by atoms with E-state index in [2.05, 4.69) is 70.8 Å². The minimum atomic E-state index is -2.84. The van der Waals surface area contributed by atoms with Crippen molar-refractivity contribution in [2.24, 2.45) is 63.1 Å². The number of allylic oxidation sites excluding steroid dienone is 4. The highest BCUT2D eigenvalue weighted by atomic mass is 32.2. The fraction of sp³-hybridized carbons (Fsp3) is 0.884. The van der Waals surface area contributed by atoms with Crippen LogP contribution in [0.1, 0.15) is 126 Å². The normalized spacial score (nSPS) is 45.4. The lowest BCUT2D eigenvalue weighted by atomic mass is 9.32. The predicted octanol–water partition coefficient (Wildman–Crippen LogP) is 8.23. The Bertz CT molecular complexity index is 1490. The van der Waals surface area contributed by atoms with Crippen molar-refractivity contribution in [1.82, 2.24) is 10.2 Å². The first kappa shape index (κ1) is 37.1. The molecule has 50 heavy (non-hydrogen) atoms. The maximum absolute atomic E-state index is 12.3. The van der Waals surface area contributed by atoms with Crippen LogP contribution in [0.2, 0.25) is 0 Å². The Morgan fingerprint density at radius 3 is 2.32 bits per heavy atom. The van der Waals surface area contributed by atoms with Gasteiger partial charge in [0, 0.05) is 31.7 Å². The van der Waals surface area contributed by atoms with E-state index in [1.54, 1.807) is 5.57 Å². The van der Waals surface area contributed by atoms with Crippen LogP contribution in [0.4, 0.5) is 0 Å². The smallest absolute Gasteiger partial charge is 0.308 e. The summed E-state index contributed by atoms with van der Waals surface area (Å²) >= 11 is 0. The number of rotatable bonds is 7. The van der Waals surface area contributed by atoms with Crippen LogP contribution in [0.3, 0.4) is 0 Å². The molecule has 7 aliphatic rings. The molecular formula is C43H70N2O4S. The first-order valence-electron chi connectivity index (χ1n) is 20.7. The molecule has 7 rings (SSSR count). The first-order chi connectivity index (χ1) is 23.5. The summed E-state index contributed by atoms with van der Waals surface area (Å²) in [5, 5.41) is 4.27. The van der Waals surface area contributed by atoms with Crippen LogP contribution in [0.15, 0.2) is 23.3 Å². The Balaban J connectivity index is 1.12. The van der Waals surface area contributed by atoms with E-state index in [-0.39, 0.29) is 22.8 Å². The van der Waals surface area contributed by atoms with E-state index in [9.17, 15) is 13.2 Å². The number of fused-ring (bicyclic) bond motifs is 7. The molecule has 0 aromatic carbocycles. The maximum Gasteiger partial charge on any atom is 0.308 e. The SMILES string of the molecule is COC(=O)C1CC=C(C2=CC[C@]3(C)[C@H]4CC[C@@H]5[C@H]6[C@H](C(C)C)CC[C@]6(NCCN6CCS(=O)(=O)CC6)CC[C@@]5(C)[C@]4(C)CC[C@H]3C2(C)C)CC1. The molecule has 1 N–H and O–H groups in total. The molecule has 6 nitrogen and oxygen atoms in total. The van der Waals surface area contributed by atoms with Crippen LogP contribution in [0.25, 0.3) is 0 Å². The van der Waals surface area contributed by atoms with Gasteiger partial charge in [-0.3, -0.25) is 4.79 Å².